The number of hydrogen-bond donors (Lipinski definition) is 1. The summed E-state index contributed by atoms with van der Waals surface area (Å²) < 4.78 is 0. The van der Waals surface area contributed by atoms with Crippen LogP contribution in [0.5, 0.6) is 0 Å². The maximum Gasteiger partial charge on any atom is 0.236 e. The third-order valence-electron chi connectivity index (χ3n) is 3.69. The Kier molecular flexibility index (Phi) is 5.33. The zero-order valence-electron chi connectivity index (χ0n) is 11.7. The third kappa shape index (κ3) is 4.31. The van der Waals surface area contributed by atoms with Crippen molar-refractivity contribution in [3.8, 4) is 0 Å². The van der Waals surface area contributed by atoms with Crippen LogP contribution in [0, 0.1) is 6.92 Å². The van der Waals surface area contributed by atoms with Crippen molar-refractivity contribution < 1.29 is 4.79 Å². The molecule has 0 spiro atoms. The highest BCUT2D eigenvalue weighted by Gasteiger charge is 2.14. The van der Waals surface area contributed by atoms with Gasteiger partial charge in [0.2, 0.25) is 5.91 Å². The number of nitrogens with zero attached hydrogens (tertiary/aromatic N) is 2. The number of pyridine rings is 1. The molecule has 0 atom stereocenters. The Bertz CT molecular complexity index is 412. The molecule has 4 nitrogen and oxygen atoms in total. The van der Waals surface area contributed by atoms with E-state index in [1.165, 1.54) is 18.4 Å². The summed E-state index contributed by atoms with van der Waals surface area (Å²) in [6, 6.07) is 2.00. The van der Waals surface area contributed by atoms with Gasteiger partial charge in [-0.05, 0) is 37.0 Å². The fourth-order valence-corrected chi connectivity index (χ4v) is 2.44. The molecule has 4 heteroatoms. The summed E-state index contributed by atoms with van der Waals surface area (Å²) in [5, 5.41) is 3.24. The Morgan fingerprint density at radius 2 is 2.05 bits per heavy atom. The monoisotopic (exact) mass is 261 g/mol. The van der Waals surface area contributed by atoms with E-state index in [1.807, 2.05) is 24.1 Å². The van der Waals surface area contributed by atoms with Crippen LogP contribution in [-0.2, 0) is 11.3 Å². The van der Waals surface area contributed by atoms with Crippen molar-refractivity contribution in [2.45, 2.75) is 39.2 Å². The first kappa shape index (κ1) is 14.0. The predicted molar refractivity (Wildman–Crippen MR) is 75.7 cm³/mol. The standard InChI is InChI=1S/C15H23N3O/c1-13-10-16-7-6-14(13)11-17-12-15(19)18-8-4-2-3-5-9-18/h6-7,10,17H,2-5,8-9,11-12H2,1H3. The van der Waals surface area contributed by atoms with Gasteiger partial charge >= 0.3 is 0 Å². The van der Waals surface area contributed by atoms with Crippen molar-refractivity contribution in [3.05, 3.63) is 29.6 Å². The van der Waals surface area contributed by atoms with Gasteiger partial charge in [-0.15, -0.1) is 0 Å². The van der Waals surface area contributed by atoms with Gasteiger partial charge in [-0.3, -0.25) is 9.78 Å². The zero-order chi connectivity index (χ0) is 13.5. The molecule has 0 unspecified atom stereocenters. The number of nitrogens with one attached hydrogen (secondary N) is 1. The van der Waals surface area contributed by atoms with Crippen molar-refractivity contribution in [2.75, 3.05) is 19.6 Å². The molecule has 0 aromatic carbocycles. The highest BCUT2D eigenvalue weighted by molar-refractivity contribution is 5.78. The molecular formula is C15H23N3O. The molecular weight excluding hydrogens is 238 g/mol. The molecule has 1 N–H and O–H groups in total. The molecule has 1 amide bonds. The minimum atomic E-state index is 0.230. The molecule has 1 saturated heterocycles. The van der Waals surface area contributed by atoms with Gasteiger partial charge in [-0.1, -0.05) is 12.8 Å². The van der Waals surface area contributed by atoms with Crippen LogP contribution in [-0.4, -0.2) is 35.4 Å². The molecule has 104 valence electrons. The van der Waals surface area contributed by atoms with E-state index < -0.39 is 0 Å². The molecule has 1 aromatic rings. The molecule has 0 aliphatic carbocycles. The van der Waals surface area contributed by atoms with Crippen molar-refractivity contribution >= 4 is 5.91 Å². The van der Waals surface area contributed by atoms with Crippen LogP contribution in [0.2, 0.25) is 0 Å². The Morgan fingerprint density at radius 3 is 2.74 bits per heavy atom. The Hall–Kier alpha value is -1.42. The van der Waals surface area contributed by atoms with E-state index in [0.717, 1.165) is 38.0 Å². The number of carbonyl (C=O) groups is 1. The summed E-state index contributed by atoms with van der Waals surface area (Å²) in [5.41, 5.74) is 2.37. The molecule has 1 aromatic heterocycles. The number of hydrogen-bond acceptors (Lipinski definition) is 3. The second-order valence-corrected chi connectivity index (χ2v) is 5.20. The topological polar surface area (TPSA) is 45.2 Å². The van der Waals surface area contributed by atoms with E-state index in [9.17, 15) is 4.79 Å². The van der Waals surface area contributed by atoms with E-state index in [4.69, 9.17) is 0 Å². The van der Waals surface area contributed by atoms with E-state index in [1.54, 1.807) is 6.20 Å². The van der Waals surface area contributed by atoms with Gasteiger partial charge in [-0.2, -0.15) is 0 Å². The Balaban J connectivity index is 1.76. The van der Waals surface area contributed by atoms with E-state index in [2.05, 4.69) is 10.3 Å². The third-order valence-corrected chi connectivity index (χ3v) is 3.69. The maximum atomic E-state index is 12.1. The van der Waals surface area contributed by atoms with Crippen LogP contribution in [0.1, 0.15) is 36.8 Å². The molecule has 2 rings (SSSR count). The molecule has 0 saturated carbocycles. The highest BCUT2D eigenvalue weighted by atomic mass is 16.2. The first-order valence-corrected chi connectivity index (χ1v) is 7.15. The summed E-state index contributed by atoms with van der Waals surface area (Å²) in [4.78, 5) is 18.1. The summed E-state index contributed by atoms with van der Waals surface area (Å²) >= 11 is 0. The minimum absolute atomic E-state index is 0.230. The van der Waals surface area contributed by atoms with Crippen LogP contribution in [0.3, 0.4) is 0 Å². The fourth-order valence-electron chi connectivity index (χ4n) is 2.44. The lowest BCUT2D eigenvalue weighted by Gasteiger charge is -2.20. The van der Waals surface area contributed by atoms with Crippen LogP contribution in [0.25, 0.3) is 0 Å². The predicted octanol–water partition coefficient (Wildman–Crippen LogP) is 1.88. The quantitative estimate of drug-likeness (QED) is 0.900. The number of rotatable bonds is 4. The van der Waals surface area contributed by atoms with Gasteiger partial charge < -0.3 is 10.2 Å². The number of likely N-dealkylation sites (tertiary alicyclic amines) is 1. The van der Waals surface area contributed by atoms with E-state index in [-0.39, 0.29) is 5.91 Å². The van der Waals surface area contributed by atoms with Crippen LogP contribution in [0.4, 0.5) is 0 Å². The molecule has 1 aliphatic heterocycles. The first-order chi connectivity index (χ1) is 9.27. The molecule has 0 radical (unpaired) electrons. The fraction of sp³-hybridized carbons (Fsp3) is 0.600. The van der Waals surface area contributed by atoms with Gasteiger partial charge in [0.05, 0.1) is 6.54 Å². The first-order valence-electron chi connectivity index (χ1n) is 7.15. The molecule has 1 fully saturated rings. The Morgan fingerprint density at radius 1 is 1.32 bits per heavy atom. The minimum Gasteiger partial charge on any atom is -0.342 e. The SMILES string of the molecule is Cc1cnccc1CNCC(=O)N1CCCCCC1. The second kappa shape index (κ2) is 7.24. The normalized spacial score (nSPS) is 16.2. The van der Waals surface area contributed by atoms with Crippen LogP contribution < -0.4 is 5.32 Å². The van der Waals surface area contributed by atoms with Crippen LogP contribution in [0.15, 0.2) is 18.5 Å². The average Bonchev–Trinajstić information content (AvgIpc) is 2.70. The maximum absolute atomic E-state index is 12.1. The van der Waals surface area contributed by atoms with Gasteiger partial charge in [0.15, 0.2) is 0 Å². The number of aromatic nitrogens is 1. The molecule has 2 heterocycles. The number of aryl methyl sites for hydroxylation is 1. The summed E-state index contributed by atoms with van der Waals surface area (Å²) in [5.74, 6) is 0.230. The van der Waals surface area contributed by atoms with E-state index in [0.29, 0.717) is 6.54 Å². The summed E-state index contributed by atoms with van der Waals surface area (Å²) in [6.07, 6.45) is 8.46. The van der Waals surface area contributed by atoms with Crippen molar-refractivity contribution in [1.82, 2.24) is 15.2 Å². The molecule has 19 heavy (non-hydrogen) atoms. The summed E-state index contributed by atoms with van der Waals surface area (Å²) in [6.45, 7) is 5.06. The van der Waals surface area contributed by atoms with Gasteiger partial charge in [0, 0.05) is 32.0 Å². The second-order valence-electron chi connectivity index (χ2n) is 5.20. The largest absolute Gasteiger partial charge is 0.342 e. The number of carbonyl (C=O) groups excluding carboxylic acids is 1. The van der Waals surface area contributed by atoms with Crippen molar-refractivity contribution in [3.63, 3.8) is 0 Å². The van der Waals surface area contributed by atoms with Crippen molar-refractivity contribution in [1.29, 1.82) is 0 Å². The van der Waals surface area contributed by atoms with Gasteiger partial charge in [0.25, 0.3) is 0 Å². The smallest absolute Gasteiger partial charge is 0.236 e. The van der Waals surface area contributed by atoms with E-state index >= 15 is 0 Å². The lowest BCUT2D eigenvalue weighted by molar-refractivity contribution is -0.130. The lowest BCUT2D eigenvalue weighted by atomic mass is 10.1. The van der Waals surface area contributed by atoms with Gasteiger partial charge in [0.1, 0.15) is 0 Å². The highest BCUT2D eigenvalue weighted by Crippen LogP contribution is 2.09. The molecule has 1 aliphatic rings. The van der Waals surface area contributed by atoms with Crippen molar-refractivity contribution in [2.24, 2.45) is 0 Å². The lowest BCUT2D eigenvalue weighted by Crippen LogP contribution is -2.38. The van der Waals surface area contributed by atoms with Gasteiger partial charge in [-0.25, -0.2) is 0 Å². The Labute approximate surface area is 115 Å². The average molecular weight is 261 g/mol. The number of amides is 1. The summed E-state index contributed by atoms with van der Waals surface area (Å²) in [7, 11) is 0. The van der Waals surface area contributed by atoms with Crippen LogP contribution >= 0.6 is 0 Å². The molecule has 0 bridgehead atoms. The zero-order valence-corrected chi connectivity index (χ0v) is 11.7.